The van der Waals surface area contributed by atoms with Crippen LogP contribution in [0.3, 0.4) is 0 Å². The van der Waals surface area contributed by atoms with Gasteiger partial charge in [0.1, 0.15) is 0 Å². The Kier molecular flexibility index (Phi) is 5.03. The van der Waals surface area contributed by atoms with Crippen LogP contribution in [0.1, 0.15) is 50.9 Å². The van der Waals surface area contributed by atoms with E-state index in [-0.39, 0.29) is 11.7 Å². The van der Waals surface area contributed by atoms with Crippen LogP contribution in [0.5, 0.6) is 0 Å². The van der Waals surface area contributed by atoms with Crippen LogP contribution in [0, 0.1) is 12.8 Å². The van der Waals surface area contributed by atoms with Gasteiger partial charge in [-0.05, 0) is 61.4 Å². The molecule has 6 nitrogen and oxygen atoms in total. The molecule has 0 spiro atoms. The summed E-state index contributed by atoms with van der Waals surface area (Å²) in [4.78, 5) is 18.1. The van der Waals surface area contributed by atoms with Crippen molar-refractivity contribution < 1.29 is 0 Å². The molecule has 1 aliphatic rings. The monoisotopic (exact) mass is 429 g/mol. The molecule has 0 saturated heterocycles. The molecule has 0 fully saturated rings. The number of aromatic nitrogens is 5. The normalized spacial score (nSPS) is 14.4. The minimum absolute atomic E-state index is 0.00567. The summed E-state index contributed by atoms with van der Waals surface area (Å²) in [7, 11) is 1.82. The second-order valence-corrected chi connectivity index (χ2v) is 9.33. The van der Waals surface area contributed by atoms with Crippen LogP contribution in [0.2, 0.25) is 0 Å². The molecular formula is C26H31N5O. The van der Waals surface area contributed by atoms with Crippen LogP contribution in [-0.2, 0) is 20.0 Å². The molecular weight excluding hydrogens is 398 g/mol. The van der Waals surface area contributed by atoms with Gasteiger partial charge >= 0.3 is 5.69 Å². The number of benzene rings is 1. The lowest BCUT2D eigenvalue weighted by atomic mass is 9.97. The van der Waals surface area contributed by atoms with Gasteiger partial charge < -0.3 is 0 Å². The average molecular weight is 430 g/mol. The maximum atomic E-state index is 13.1. The Hall–Kier alpha value is -3.15. The van der Waals surface area contributed by atoms with Crippen molar-refractivity contribution in [3.8, 4) is 22.4 Å². The molecule has 0 saturated carbocycles. The van der Waals surface area contributed by atoms with E-state index in [1.807, 2.05) is 17.8 Å². The second-order valence-electron chi connectivity index (χ2n) is 9.33. The van der Waals surface area contributed by atoms with Crippen molar-refractivity contribution in [1.29, 1.82) is 0 Å². The molecule has 4 aromatic rings. The summed E-state index contributed by atoms with van der Waals surface area (Å²) in [6.45, 7) is 9.60. The van der Waals surface area contributed by atoms with Crippen molar-refractivity contribution in [3.63, 3.8) is 0 Å². The first-order chi connectivity index (χ1) is 15.4. The predicted molar refractivity (Wildman–Crippen MR) is 129 cm³/mol. The lowest BCUT2D eigenvalue weighted by molar-refractivity contribution is 0.363. The topological polar surface area (TPSA) is 57.6 Å². The molecule has 0 radical (unpaired) electrons. The highest BCUT2D eigenvalue weighted by Crippen LogP contribution is 2.33. The number of fused-ring (bicyclic) bond motifs is 2. The maximum Gasteiger partial charge on any atom is 0.330 e. The Morgan fingerprint density at radius 2 is 1.94 bits per heavy atom. The molecule has 6 heteroatoms. The number of aryl methyl sites for hydroxylation is 3. The molecule has 1 aliphatic heterocycles. The quantitative estimate of drug-likeness (QED) is 0.442. The van der Waals surface area contributed by atoms with Gasteiger partial charge in [-0.3, -0.25) is 13.8 Å². The molecule has 3 aromatic heterocycles. The van der Waals surface area contributed by atoms with E-state index < -0.39 is 0 Å². The average Bonchev–Trinajstić information content (AvgIpc) is 3.46. The first-order valence-corrected chi connectivity index (χ1v) is 11.6. The first-order valence-electron chi connectivity index (χ1n) is 11.6. The van der Waals surface area contributed by atoms with Gasteiger partial charge in [0.2, 0.25) is 0 Å². The lowest BCUT2D eigenvalue weighted by Crippen LogP contribution is -2.28. The van der Waals surface area contributed by atoms with Crippen LogP contribution in [0.15, 0.2) is 41.3 Å². The van der Waals surface area contributed by atoms with Gasteiger partial charge in [0.15, 0.2) is 5.65 Å². The SMILES string of the molecule is CCC(C(C)C)n1c(=O)n(C)c2nc(-c3cc(-c4cnn5c4CCC5)ccc3C)ccc21. The maximum absolute atomic E-state index is 13.1. The summed E-state index contributed by atoms with van der Waals surface area (Å²) < 4.78 is 5.74. The third kappa shape index (κ3) is 3.12. The number of imidazole rings is 1. The number of hydrogen-bond acceptors (Lipinski definition) is 3. The highest BCUT2D eigenvalue weighted by Gasteiger charge is 2.22. The summed E-state index contributed by atoms with van der Waals surface area (Å²) in [6.07, 6.45) is 5.13. The molecule has 0 bridgehead atoms. The van der Waals surface area contributed by atoms with Gasteiger partial charge in [-0.2, -0.15) is 5.10 Å². The fourth-order valence-electron chi connectivity index (χ4n) is 5.22. The second kappa shape index (κ2) is 7.76. The summed E-state index contributed by atoms with van der Waals surface area (Å²) in [5, 5.41) is 4.56. The van der Waals surface area contributed by atoms with Crippen molar-refractivity contribution >= 4 is 11.2 Å². The van der Waals surface area contributed by atoms with Crippen molar-refractivity contribution in [2.75, 3.05) is 0 Å². The third-order valence-electron chi connectivity index (χ3n) is 7.00. The Balaban J connectivity index is 1.64. The van der Waals surface area contributed by atoms with Crippen LogP contribution >= 0.6 is 0 Å². The van der Waals surface area contributed by atoms with Crippen molar-refractivity contribution in [2.45, 2.75) is 59.5 Å². The van der Waals surface area contributed by atoms with Crippen molar-refractivity contribution in [2.24, 2.45) is 13.0 Å². The first kappa shape index (κ1) is 20.7. The van der Waals surface area contributed by atoms with Gasteiger partial charge in [0, 0.05) is 36.5 Å². The molecule has 0 aliphatic carbocycles. The minimum Gasteiger partial charge on any atom is -0.287 e. The largest absolute Gasteiger partial charge is 0.330 e. The van der Waals surface area contributed by atoms with E-state index in [0.717, 1.165) is 48.2 Å². The van der Waals surface area contributed by atoms with E-state index in [4.69, 9.17) is 4.98 Å². The van der Waals surface area contributed by atoms with Gasteiger partial charge in [-0.15, -0.1) is 0 Å². The van der Waals surface area contributed by atoms with Crippen molar-refractivity contribution in [3.05, 3.63) is 58.3 Å². The molecule has 1 atom stereocenters. The van der Waals surface area contributed by atoms with Gasteiger partial charge in [0.25, 0.3) is 0 Å². The fourth-order valence-corrected chi connectivity index (χ4v) is 5.22. The van der Waals surface area contributed by atoms with E-state index in [2.05, 4.69) is 67.8 Å². The molecule has 0 amide bonds. The van der Waals surface area contributed by atoms with Crippen molar-refractivity contribution in [1.82, 2.24) is 23.9 Å². The number of pyridine rings is 1. The summed E-state index contributed by atoms with van der Waals surface area (Å²) in [5.74, 6) is 0.375. The standard InChI is InChI=1S/C26H31N5O/c1-6-22(16(2)3)31-24-12-11-21(28-25(24)29(5)26(31)32)19-14-18(10-9-17(19)4)20-15-27-30-13-7-8-23(20)30/h9-12,14-16,22H,6-8,13H2,1-5H3. The van der Waals surface area contributed by atoms with E-state index in [0.29, 0.717) is 5.92 Å². The lowest BCUT2D eigenvalue weighted by Gasteiger charge is -2.20. The zero-order valence-corrected chi connectivity index (χ0v) is 19.6. The predicted octanol–water partition coefficient (Wildman–Crippen LogP) is 5.13. The van der Waals surface area contributed by atoms with Crippen LogP contribution in [0.25, 0.3) is 33.5 Å². The molecule has 1 aromatic carbocycles. The van der Waals surface area contributed by atoms with Crippen LogP contribution in [0.4, 0.5) is 0 Å². The Labute approximate surface area is 188 Å². The van der Waals surface area contributed by atoms with Gasteiger partial charge in [0.05, 0.1) is 17.4 Å². The zero-order chi connectivity index (χ0) is 22.6. The molecule has 4 heterocycles. The summed E-state index contributed by atoms with van der Waals surface area (Å²) in [5.41, 5.74) is 8.52. The minimum atomic E-state index is 0.00567. The van der Waals surface area contributed by atoms with Gasteiger partial charge in [-0.25, -0.2) is 9.78 Å². The Bertz CT molecular complexity index is 1370. The van der Waals surface area contributed by atoms with Crippen LogP contribution < -0.4 is 5.69 Å². The molecule has 166 valence electrons. The molecule has 1 unspecified atom stereocenters. The highest BCUT2D eigenvalue weighted by atomic mass is 16.1. The van der Waals surface area contributed by atoms with E-state index in [9.17, 15) is 4.79 Å². The number of nitrogens with zero attached hydrogens (tertiary/aromatic N) is 5. The Morgan fingerprint density at radius 1 is 1.12 bits per heavy atom. The summed E-state index contributed by atoms with van der Waals surface area (Å²) >= 11 is 0. The van der Waals surface area contributed by atoms with E-state index >= 15 is 0 Å². The summed E-state index contributed by atoms with van der Waals surface area (Å²) in [6, 6.07) is 10.8. The smallest absolute Gasteiger partial charge is 0.287 e. The van der Waals surface area contributed by atoms with Gasteiger partial charge in [-0.1, -0.05) is 32.9 Å². The third-order valence-corrected chi connectivity index (χ3v) is 7.00. The highest BCUT2D eigenvalue weighted by molar-refractivity contribution is 5.80. The Morgan fingerprint density at radius 3 is 2.69 bits per heavy atom. The molecule has 5 rings (SSSR count). The fraction of sp³-hybridized carbons (Fsp3) is 0.423. The number of rotatable bonds is 5. The van der Waals surface area contributed by atoms with E-state index in [1.54, 1.807) is 4.57 Å². The zero-order valence-electron chi connectivity index (χ0n) is 19.6. The molecule has 0 N–H and O–H groups in total. The van der Waals surface area contributed by atoms with E-state index in [1.165, 1.54) is 22.4 Å². The number of hydrogen-bond donors (Lipinski definition) is 0. The molecule has 32 heavy (non-hydrogen) atoms. The van der Waals surface area contributed by atoms with Crippen LogP contribution in [-0.4, -0.2) is 23.9 Å².